The van der Waals surface area contributed by atoms with Crippen LogP contribution in [0.3, 0.4) is 0 Å². The number of anilines is 1. The standard InChI is InChI=1S/C27H37Cl2N3O4S/c1-6-15-30-27(34)24(7-2)31(18-21-13-14-22(28)23(29)17-21)26(33)12-9-16-32(37(5,35)36)25-11-8-10-19(3)20(25)4/h8,10-11,13-14,17,24H,6-7,9,12,15-16,18H2,1-5H3,(H,30,34)/t24-/m0/s1. The maximum atomic E-state index is 13.5. The van der Waals surface area contributed by atoms with Gasteiger partial charge in [0, 0.05) is 26.1 Å². The van der Waals surface area contributed by atoms with Crippen molar-refractivity contribution < 1.29 is 18.0 Å². The fourth-order valence-electron chi connectivity index (χ4n) is 4.11. The minimum absolute atomic E-state index is 0.0791. The van der Waals surface area contributed by atoms with Gasteiger partial charge in [-0.2, -0.15) is 0 Å². The maximum Gasteiger partial charge on any atom is 0.242 e. The second-order valence-corrected chi connectivity index (χ2v) is 11.9. The van der Waals surface area contributed by atoms with Gasteiger partial charge in [0.05, 0.1) is 22.0 Å². The average Bonchev–Trinajstić information content (AvgIpc) is 2.83. The van der Waals surface area contributed by atoms with Gasteiger partial charge in [0.25, 0.3) is 0 Å². The van der Waals surface area contributed by atoms with Crippen LogP contribution in [0.1, 0.15) is 56.2 Å². The Morgan fingerprint density at radius 1 is 1.05 bits per heavy atom. The van der Waals surface area contributed by atoms with Gasteiger partial charge in [0.2, 0.25) is 21.8 Å². The summed E-state index contributed by atoms with van der Waals surface area (Å²) in [5.41, 5.74) is 3.21. The lowest BCUT2D eigenvalue weighted by atomic mass is 10.1. The zero-order valence-corrected chi connectivity index (χ0v) is 24.5. The molecule has 2 amide bonds. The van der Waals surface area contributed by atoms with E-state index in [0.717, 1.165) is 23.1 Å². The highest BCUT2D eigenvalue weighted by Gasteiger charge is 2.29. The topological polar surface area (TPSA) is 86.8 Å². The smallest absolute Gasteiger partial charge is 0.242 e. The Labute approximate surface area is 231 Å². The molecule has 0 aromatic heterocycles. The normalized spacial score (nSPS) is 12.2. The first-order valence-corrected chi connectivity index (χ1v) is 15.1. The number of hydrogen-bond acceptors (Lipinski definition) is 4. The second kappa shape index (κ2) is 14.0. The van der Waals surface area contributed by atoms with E-state index in [4.69, 9.17) is 23.2 Å². The summed E-state index contributed by atoms with van der Waals surface area (Å²) in [6.45, 7) is 8.48. The third kappa shape index (κ3) is 8.62. The summed E-state index contributed by atoms with van der Waals surface area (Å²) in [6.07, 6.45) is 2.75. The zero-order chi connectivity index (χ0) is 27.8. The van der Waals surface area contributed by atoms with Crippen LogP contribution in [0.5, 0.6) is 0 Å². The zero-order valence-electron chi connectivity index (χ0n) is 22.2. The highest BCUT2D eigenvalue weighted by molar-refractivity contribution is 7.92. The Morgan fingerprint density at radius 2 is 1.76 bits per heavy atom. The van der Waals surface area contributed by atoms with Crippen LogP contribution in [-0.4, -0.2) is 50.5 Å². The second-order valence-electron chi connectivity index (χ2n) is 9.14. The van der Waals surface area contributed by atoms with Gasteiger partial charge in [-0.3, -0.25) is 13.9 Å². The maximum absolute atomic E-state index is 13.5. The van der Waals surface area contributed by atoms with Crippen LogP contribution in [0.4, 0.5) is 5.69 Å². The fourth-order valence-corrected chi connectivity index (χ4v) is 5.44. The molecule has 2 rings (SSSR count). The molecule has 37 heavy (non-hydrogen) atoms. The van der Waals surface area contributed by atoms with E-state index in [1.807, 2.05) is 39.8 Å². The van der Waals surface area contributed by atoms with Crippen molar-refractivity contribution >= 4 is 50.7 Å². The molecule has 10 heteroatoms. The number of carbonyl (C=O) groups excluding carboxylic acids is 2. The molecule has 0 aliphatic rings. The van der Waals surface area contributed by atoms with E-state index >= 15 is 0 Å². The molecule has 7 nitrogen and oxygen atoms in total. The van der Waals surface area contributed by atoms with Gasteiger partial charge in [-0.05, 0) is 68.0 Å². The van der Waals surface area contributed by atoms with Crippen LogP contribution in [0.25, 0.3) is 0 Å². The number of benzene rings is 2. The summed E-state index contributed by atoms with van der Waals surface area (Å²) >= 11 is 12.2. The van der Waals surface area contributed by atoms with Gasteiger partial charge in [-0.25, -0.2) is 8.42 Å². The number of amides is 2. The van der Waals surface area contributed by atoms with Crippen LogP contribution in [0, 0.1) is 13.8 Å². The number of halogens is 2. The summed E-state index contributed by atoms with van der Waals surface area (Å²) in [4.78, 5) is 28.0. The molecule has 204 valence electrons. The van der Waals surface area contributed by atoms with Crippen molar-refractivity contribution in [1.29, 1.82) is 0 Å². The van der Waals surface area contributed by atoms with E-state index in [1.54, 1.807) is 29.2 Å². The molecule has 1 N–H and O–H groups in total. The van der Waals surface area contributed by atoms with Crippen LogP contribution in [0.2, 0.25) is 10.0 Å². The lowest BCUT2D eigenvalue weighted by Gasteiger charge is -2.31. The first-order valence-electron chi connectivity index (χ1n) is 12.5. The number of carbonyl (C=O) groups is 2. The van der Waals surface area contributed by atoms with Gasteiger partial charge in [-0.15, -0.1) is 0 Å². The molecule has 0 heterocycles. The first kappa shape index (κ1) is 30.9. The monoisotopic (exact) mass is 569 g/mol. The minimum atomic E-state index is -3.56. The third-order valence-corrected chi connectivity index (χ3v) is 8.19. The highest BCUT2D eigenvalue weighted by Crippen LogP contribution is 2.26. The van der Waals surface area contributed by atoms with Crippen molar-refractivity contribution in [2.45, 2.75) is 66.0 Å². The molecule has 1 atom stereocenters. The van der Waals surface area contributed by atoms with Crippen LogP contribution >= 0.6 is 23.2 Å². The Bertz CT molecular complexity index is 1200. The Balaban J connectivity index is 2.26. The van der Waals surface area contributed by atoms with Crippen molar-refractivity contribution in [3.8, 4) is 0 Å². The first-order chi connectivity index (χ1) is 17.4. The Kier molecular flexibility index (Phi) is 11.7. The largest absolute Gasteiger partial charge is 0.354 e. The molecular formula is C27H37Cl2N3O4S. The van der Waals surface area contributed by atoms with Gasteiger partial charge < -0.3 is 10.2 Å². The molecule has 0 unspecified atom stereocenters. The molecule has 0 aliphatic heterocycles. The Hall–Kier alpha value is -2.29. The van der Waals surface area contributed by atoms with Crippen LogP contribution in [0.15, 0.2) is 36.4 Å². The number of hydrogen-bond donors (Lipinski definition) is 1. The van der Waals surface area contributed by atoms with Gasteiger partial charge in [0.15, 0.2) is 0 Å². The molecule has 0 saturated carbocycles. The van der Waals surface area contributed by atoms with Gasteiger partial charge in [-0.1, -0.05) is 55.2 Å². The molecule has 0 radical (unpaired) electrons. The predicted molar refractivity (Wildman–Crippen MR) is 152 cm³/mol. The van der Waals surface area contributed by atoms with E-state index in [0.29, 0.717) is 35.1 Å². The summed E-state index contributed by atoms with van der Waals surface area (Å²) in [5.74, 6) is -0.454. The lowest BCUT2D eigenvalue weighted by molar-refractivity contribution is -0.141. The SMILES string of the molecule is CCCNC(=O)[C@H](CC)N(Cc1ccc(Cl)c(Cl)c1)C(=O)CCCN(c1cccc(C)c1C)S(C)(=O)=O. The molecule has 2 aromatic carbocycles. The summed E-state index contributed by atoms with van der Waals surface area (Å²) < 4.78 is 26.6. The molecule has 0 spiro atoms. The number of nitrogens with zero attached hydrogens (tertiary/aromatic N) is 2. The van der Waals surface area contributed by atoms with Crippen molar-refractivity contribution in [3.63, 3.8) is 0 Å². The van der Waals surface area contributed by atoms with Crippen molar-refractivity contribution in [1.82, 2.24) is 10.2 Å². The van der Waals surface area contributed by atoms with E-state index < -0.39 is 16.1 Å². The van der Waals surface area contributed by atoms with E-state index in [9.17, 15) is 18.0 Å². The molecule has 0 fully saturated rings. The van der Waals surface area contributed by atoms with Gasteiger partial charge in [0.1, 0.15) is 6.04 Å². The van der Waals surface area contributed by atoms with E-state index in [-0.39, 0.29) is 31.3 Å². The van der Waals surface area contributed by atoms with Crippen molar-refractivity contribution in [3.05, 3.63) is 63.1 Å². The van der Waals surface area contributed by atoms with Gasteiger partial charge >= 0.3 is 0 Å². The van der Waals surface area contributed by atoms with Crippen molar-refractivity contribution in [2.75, 3.05) is 23.7 Å². The molecule has 0 bridgehead atoms. The summed E-state index contributed by atoms with van der Waals surface area (Å²) in [5, 5.41) is 3.66. The summed E-state index contributed by atoms with van der Waals surface area (Å²) in [6, 6.07) is 9.97. The van der Waals surface area contributed by atoms with E-state index in [1.165, 1.54) is 10.6 Å². The highest BCUT2D eigenvalue weighted by atomic mass is 35.5. The summed E-state index contributed by atoms with van der Waals surface area (Å²) in [7, 11) is -3.56. The average molecular weight is 571 g/mol. The van der Waals surface area contributed by atoms with Crippen molar-refractivity contribution in [2.24, 2.45) is 0 Å². The number of sulfonamides is 1. The molecule has 0 aliphatic carbocycles. The third-order valence-electron chi connectivity index (χ3n) is 6.27. The number of aryl methyl sites for hydroxylation is 1. The number of nitrogens with one attached hydrogen (secondary N) is 1. The molecule has 0 saturated heterocycles. The predicted octanol–water partition coefficient (Wildman–Crippen LogP) is 5.49. The minimum Gasteiger partial charge on any atom is -0.354 e. The lowest BCUT2D eigenvalue weighted by Crippen LogP contribution is -2.49. The number of rotatable bonds is 13. The Morgan fingerprint density at radius 3 is 2.35 bits per heavy atom. The molecule has 2 aromatic rings. The molecular weight excluding hydrogens is 533 g/mol. The van der Waals surface area contributed by atoms with Crippen LogP contribution in [-0.2, 0) is 26.2 Å². The van der Waals surface area contributed by atoms with E-state index in [2.05, 4.69) is 5.32 Å². The quantitative estimate of drug-likeness (QED) is 0.345. The van der Waals surface area contributed by atoms with Crippen LogP contribution < -0.4 is 9.62 Å². The fraction of sp³-hybridized carbons (Fsp3) is 0.481.